The molecule has 0 aliphatic carbocycles. The van der Waals surface area contributed by atoms with Gasteiger partial charge >= 0.3 is 0 Å². The van der Waals surface area contributed by atoms with Crippen molar-refractivity contribution in [3.63, 3.8) is 0 Å². The van der Waals surface area contributed by atoms with E-state index in [0.717, 1.165) is 4.90 Å². The van der Waals surface area contributed by atoms with Gasteiger partial charge in [0.05, 0.1) is 12.0 Å². The van der Waals surface area contributed by atoms with Crippen molar-refractivity contribution in [2.45, 2.75) is 17.7 Å². The zero-order valence-corrected chi connectivity index (χ0v) is 9.90. The lowest BCUT2D eigenvalue weighted by Crippen LogP contribution is -2.03. The van der Waals surface area contributed by atoms with Gasteiger partial charge in [-0.1, -0.05) is 6.92 Å². The molecular formula is C11H15FO2S. The third kappa shape index (κ3) is 2.63. The van der Waals surface area contributed by atoms with Gasteiger partial charge in [-0.05, 0) is 18.4 Å². The standard InChI is InChI=1S/C11H15FO2S/c1-7(6-13)9-4-8(12)5-10(15-3)11(9)14-2/h4-5,7,13H,6H2,1-3H3. The normalized spacial score (nSPS) is 12.6. The first-order valence-electron chi connectivity index (χ1n) is 4.66. The third-order valence-electron chi connectivity index (χ3n) is 2.28. The molecule has 0 aromatic heterocycles. The average molecular weight is 230 g/mol. The van der Waals surface area contributed by atoms with Crippen LogP contribution in [-0.2, 0) is 0 Å². The van der Waals surface area contributed by atoms with Crippen molar-refractivity contribution in [3.8, 4) is 5.75 Å². The molecule has 0 saturated carbocycles. The highest BCUT2D eigenvalue weighted by Crippen LogP contribution is 2.36. The fraction of sp³-hybridized carbons (Fsp3) is 0.455. The lowest BCUT2D eigenvalue weighted by molar-refractivity contribution is 0.269. The Kier molecular flexibility index (Phi) is 4.42. The second kappa shape index (κ2) is 5.37. The molecule has 0 fully saturated rings. The van der Waals surface area contributed by atoms with Crippen molar-refractivity contribution in [2.24, 2.45) is 0 Å². The van der Waals surface area contributed by atoms with Gasteiger partial charge in [0.15, 0.2) is 0 Å². The number of aliphatic hydroxyl groups is 1. The van der Waals surface area contributed by atoms with Gasteiger partial charge in [-0.2, -0.15) is 0 Å². The van der Waals surface area contributed by atoms with Crippen molar-refractivity contribution in [2.75, 3.05) is 20.0 Å². The monoisotopic (exact) mass is 230 g/mol. The first-order chi connectivity index (χ1) is 7.13. The zero-order chi connectivity index (χ0) is 11.4. The quantitative estimate of drug-likeness (QED) is 0.806. The molecule has 15 heavy (non-hydrogen) atoms. The van der Waals surface area contributed by atoms with E-state index < -0.39 is 0 Å². The minimum Gasteiger partial charge on any atom is -0.495 e. The Morgan fingerprint density at radius 2 is 2.20 bits per heavy atom. The smallest absolute Gasteiger partial charge is 0.136 e. The second-order valence-electron chi connectivity index (χ2n) is 3.31. The topological polar surface area (TPSA) is 29.5 Å². The number of ether oxygens (including phenoxy) is 1. The molecule has 0 bridgehead atoms. The summed E-state index contributed by atoms with van der Waals surface area (Å²) in [7, 11) is 1.56. The van der Waals surface area contributed by atoms with Crippen LogP contribution in [0.15, 0.2) is 17.0 Å². The van der Waals surface area contributed by atoms with Crippen LogP contribution in [0, 0.1) is 5.82 Å². The summed E-state index contributed by atoms with van der Waals surface area (Å²) in [5.74, 6) is 0.238. The molecule has 0 saturated heterocycles. The van der Waals surface area contributed by atoms with Gasteiger partial charge in [-0.3, -0.25) is 0 Å². The summed E-state index contributed by atoms with van der Waals surface area (Å²) in [6.07, 6.45) is 1.87. The summed E-state index contributed by atoms with van der Waals surface area (Å²) in [5, 5.41) is 9.08. The van der Waals surface area contributed by atoms with Gasteiger partial charge in [0.1, 0.15) is 11.6 Å². The van der Waals surface area contributed by atoms with Crippen molar-refractivity contribution < 1.29 is 14.2 Å². The maximum absolute atomic E-state index is 13.3. The molecule has 1 unspecified atom stereocenters. The minimum atomic E-state index is -0.296. The Morgan fingerprint density at radius 1 is 1.53 bits per heavy atom. The molecule has 0 aliphatic rings. The van der Waals surface area contributed by atoms with Crippen LogP contribution in [-0.4, -0.2) is 25.1 Å². The van der Waals surface area contributed by atoms with E-state index in [4.69, 9.17) is 9.84 Å². The van der Waals surface area contributed by atoms with Gasteiger partial charge in [0.2, 0.25) is 0 Å². The zero-order valence-electron chi connectivity index (χ0n) is 9.08. The Bertz CT molecular complexity index is 342. The van der Waals surface area contributed by atoms with Crippen LogP contribution in [0.1, 0.15) is 18.4 Å². The van der Waals surface area contributed by atoms with Crippen LogP contribution < -0.4 is 4.74 Å². The van der Waals surface area contributed by atoms with Crippen molar-refractivity contribution in [3.05, 3.63) is 23.5 Å². The molecule has 1 atom stereocenters. The van der Waals surface area contributed by atoms with Crippen LogP contribution in [0.25, 0.3) is 0 Å². The van der Waals surface area contributed by atoms with Crippen LogP contribution in [0.4, 0.5) is 4.39 Å². The number of rotatable bonds is 4. The summed E-state index contributed by atoms with van der Waals surface area (Å²) in [6.45, 7) is 1.81. The van der Waals surface area contributed by atoms with Crippen LogP contribution in [0.5, 0.6) is 5.75 Å². The third-order valence-corrected chi connectivity index (χ3v) is 3.02. The molecule has 0 spiro atoms. The first kappa shape index (κ1) is 12.3. The fourth-order valence-corrected chi connectivity index (χ4v) is 2.04. The molecular weight excluding hydrogens is 215 g/mol. The number of hydrogen-bond acceptors (Lipinski definition) is 3. The Hall–Kier alpha value is -0.740. The van der Waals surface area contributed by atoms with E-state index >= 15 is 0 Å². The maximum atomic E-state index is 13.3. The number of methoxy groups -OCH3 is 1. The van der Waals surface area contributed by atoms with Gasteiger partial charge < -0.3 is 9.84 Å². The van der Waals surface area contributed by atoms with Gasteiger partial charge in [-0.15, -0.1) is 11.8 Å². The average Bonchev–Trinajstić information content (AvgIpc) is 2.26. The van der Waals surface area contributed by atoms with Crippen molar-refractivity contribution in [1.29, 1.82) is 0 Å². The van der Waals surface area contributed by atoms with Crippen molar-refractivity contribution in [1.82, 2.24) is 0 Å². The minimum absolute atomic E-state index is 0.0202. The molecule has 84 valence electrons. The molecule has 0 amide bonds. The lowest BCUT2D eigenvalue weighted by atomic mass is 10.0. The Balaban J connectivity index is 3.28. The van der Waals surface area contributed by atoms with Crippen molar-refractivity contribution >= 4 is 11.8 Å². The maximum Gasteiger partial charge on any atom is 0.136 e. The number of aliphatic hydroxyl groups excluding tert-OH is 1. The van der Waals surface area contributed by atoms with E-state index in [0.29, 0.717) is 11.3 Å². The number of hydrogen-bond donors (Lipinski definition) is 1. The lowest BCUT2D eigenvalue weighted by Gasteiger charge is -2.16. The highest BCUT2D eigenvalue weighted by molar-refractivity contribution is 7.98. The highest BCUT2D eigenvalue weighted by atomic mass is 32.2. The molecule has 1 rings (SSSR count). The van der Waals surface area contributed by atoms with E-state index in [2.05, 4.69) is 0 Å². The molecule has 4 heteroatoms. The van der Waals surface area contributed by atoms with Gasteiger partial charge in [-0.25, -0.2) is 4.39 Å². The Labute approximate surface area is 93.5 Å². The molecule has 1 N–H and O–H groups in total. The fourth-order valence-electron chi connectivity index (χ4n) is 1.42. The SMILES string of the molecule is COc1c(SC)cc(F)cc1C(C)CO. The van der Waals surface area contributed by atoms with E-state index in [1.165, 1.54) is 23.9 Å². The summed E-state index contributed by atoms with van der Waals surface area (Å²) >= 11 is 1.43. The second-order valence-corrected chi connectivity index (χ2v) is 4.16. The summed E-state index contributed by atoms with van der Waals surface area (Å²) in [5.41, 5.74) is 0.712. The highest BCUT2D eigenvalue weighted by Gasteiger charge is 2.16. The summed E-state index contributed by atoms with van der Waals surface area (Å²) < 4.78 is 18.5. The molecule has 1 aromatic carbocycles. The number of halogens is 1. The number of thioether (sulfide) groups is 1. The Morgan fingerprint density at radius 3 is 2.67 bits per heavy atom. The molecule has 0 radical (unpaired) electrons. The van der Waals surface area contributed by atoms with E-state index in [-0.39, 0.29) is 18.3 Å². The van der Waals surface area contributed by atoms with E-state index in [1.54, 1.807) is 7.11 Å². The predicted molar refractivity (Wildman–Crippen MR) is 60.2 cm³/mol. The van der Waals surface area contributed by atoms with Crippen LogP contribution in [0.2, 0.25) is 0 Å². The summed E-state index contributed by atoms with van der Waals surface area (Å²) in [4.78, 5) is 0.757. The molecule has 1 aromatic rings. The summed E-state index contributed by atoms with van der Waals surface area (Å²) in [6, 6.07) is 2.86. The van der Waals surface area contributed by atoms with Crippen LogP contribution >= 0.6 is 11.8 Å². The largest absolute Gasteiger partial charge is 0.495 e. The van der Waals surface area contributed by atoms with Gasteiger partial charge in [0, 0.05) is 18.1 Å². The molecule has 0 heterocycles. The van der Waals surface area contributed by atoms with E-state index in [1.807, 2.05) is 13.2 Å². The molecule has 0 aliphatic heterocycles. The van der Waals surface area contributed by atoms with E-state index in [9.17, 15) is 4.39 Å². The number of benzene rings is 1. The molecule has 2 nitrogen and oxygen atoms in total. The predicted octanol–water partition coefficient (Wildman–Crippen LogP) is 2.65. The van der Waals surface area contributed by atoms with Crippen LogP contribution in [0.3, 0.4) is 0 Å². The first-order valence-corrected chi connectivity index (χ1v) is 5.88. The van der Waals surface area contributed by atoms with Gasteiger partial charge in [0.25, 0.3) is 0 Å².